The number of piperidine rings is 1. The quantitative estimate of drug-likeness (QED) is 0.933. The highest BCUT2D eigenvalue weighted by Crippen LogP contribution is 2.22. The van der Waals surface area contributed by atoms with Crippen LogP contribution in [0.5, 0.6) is 0 Å². The van der Waals surface area contributed by atoms with Crippen molar-refractivity contribution >= 4 is 28.6 Å². The third kappa shape index (κ3) is 3.74. The molecule has 6 heteroatoms. The first-order chi connectivity index (χ1) is 10.6. The van der Waals surface area contributed by atoms with Gasteiger partial charge in [-0.05, 0) is 30.7 Å². The lowest BCUT2D eigenvalue weighted by molar-refractivity contribution is 0.0865. The van der Waals surface area contributed by atoms with Crippen molar-refractivity contribution in [2.75, 3.05) is 13.1 Å². The van der Waals surface area contributed by atoms with Gasteiger partial charge >= 0.3 is 0 Å². The maximum Gasteiger partial charge on any atom is 0.261 e. The molecule has 0 spiro atoms. The molecule has 3 rings (SSSR count). The predicted octanol–water partition coefficient (Wildman–Crippen LogP) is 3.15. The van der Waals surface area contributed by atoms with Gasteiger partial charge < -0.3 is 5.32 Å². The number of carbonyl (C=O) groups excluding carboxylic acids is 1. The van der Waals surface area contributed by atoms with E-state index in [2.05, 4.69) is 22.1 Å². The van der Waals surface area contributed by atoms with Crippen molar-refractivity contribution in [2.45, 2.75) is 32.9 Å². The number of rotatable bonds is 4. The molecule has 0 aliphatic carbocycles. The molecule has 0 bridgehead atoms. The van der Waals surface area contributed by atoms with Crippen LogP contribution in [0, 0.1) is 12.8 Å². The molecule has 0 unspecified atom stereocenters. The van der Waals surface area contributed by atoms with Crippen molar-refractivity contribution in [3.63, 3.8) is 0 Å². The minimum atomic E-state index is 0.0679. The van der Waals surface area contributed by atoms with Gasteiger partial charge in [-0.15, -0.1) is 22.7 Å². The van der Waals surface area contributed by atoms with Gasteiger partial charge in [0.25, 0.3) is 5.91 Å². The van der Waals surface area contributed by atoms with E-state index in [1.54, 1.807) is 11.3 Å². The van der Waals surface area contributed by atoms with Crippen LogP contribution >= 0.6 is 22.7 Å². The van der Waals surface area contributed by atoms with Crippen LogP contribution in [0.3, 0.4) is 0 Å². The van der Waals surface area contributed by atoms with Gasteiger partial charge in [-0.2, -0.15) is 0 Å². The Labute approximate surface area is 139 Å². The minimum Gasteiger partial charge on any atom is -0.348 e. The number of aromatic nitrogens is 1. The number of nitrogens with zero attached hydrogens (tertiary/aromatic N) is 2. The standard InChI is InChI=1S/C16H21N3OS2/c1-11-9-19(10-13-8-17-12(2)22-13)6-5-14(11)18-16(20)15-4-3-7-21-15/h3-4,7-8,11,14H,5-6,9-10H2,1-2H3,(H,18,20)/t11-,14+/m1/s1. The Hall–Kier alpha value is -1.24. The third-order valence-electron chi connectivity index (χ3n) is 4.10. The van der Waals surface area contributed by atoms with Crippen LogP contribution in [0.15, 0.2) is 23.7 Å². The molecule has 3 heterocycles. The van der Waals surface area contributed by atoms with Crippen LogP contribution in [0.25, 0.3) is 0 Å². The summed E-state index contributed by atoms with van der Waals surface area (Å²) in [6.45, 7) is 7.29. The molecule has 22 heavy (non-hydrogen) atoms. The molecule has 0 saturated carbocycles. The maximum atomic E-state index is 12.2. The normalized spacial score (nSPS) is 22.6. The molecule has 1 aliphatic heterocycles. The van der Waals surface area contributed by atoms with Gasteiger partial charge in [0.1, 0.15) is 0 Å². The number of thiophene rings is 1. The van der Waals surface area contributed by atoms with E-state index in [9.17, 15) is 4.79 Å². The molecule has 0 radical (unpaired) electrons. The van der Waals surface area contributed by atoms with Gasteiger partial charge in [0.15, 0.2) is 0 Å². The molecular weight excluding hydrogens is 314 g/mol. The monoisotopic (exact) mass is 335 g/mol. The first-order valence-electron chi connectivity index (χ1n) is 7.60. The molecule has 0 aromatic carbocycles. The van der Waals surface area contributed by atoms with E-state index in [0.717, 1.165) is 35.9 Å². The summed E-state index contributed by atoms with van der Waals surface area (Å²) in [6, 6.07) is 4.07. The lowest BCUT2D eigenvalue weighted by Gasteiger charge is -2.37. The summed E-state index contributed by atoms with van der Waals surface area (Å²) >= 11 is 3.27. The minimum absolute atomic E-state index is 0.0679. The molecule has 2 aromatic rings. The Morgan fingerprint density at radius 3 is 3.05 bits per heavy atom. The number of hydrogen-bond donors (Lipinski definition) is 1. The highest BCUT2D eigenvalue weighted by molar-refractivity contribution is 7.12. The summed E-state index contributed by atoms with van der Waals surface area (Å²) in [6.07, 6.45) is 2.99. The van der Waals surface area contributed by atoms with E-state index in [1.165, 1.54) is 16.2 Å². The van der Waals surface area contributed by atoms with Gasteiger partial charge in [0.2, 0.25) is 0 Å². The Bertz CT molecular complexity index is 623. The summed E-state index contributed by atoms with van der Waals surface area (Å²) in [4.78, 5) is 21.1. The molecule has 1 N–H and O–H groups in total. The molecule has 2 aromatic heterocycles. The topological polar surface area (TPSA) is 45.2 Å². The number of amides is 1. The second kappa shape index (κ2) is 6.89. The molecule has 4 nitrogen and oxygen atoms in total. The number of thiazole rings is 1. The highest BCUT2D eigenvalue weighted by atomic mass is 32.1. The van der Waals surface area contributed by atoms with E-state index in [0.29, 0.717) is 5.92 Å². The number of nitrogens with one attached hydrogen (secondary N) is 1. The van der Waals surface area contributed by atoms with Crippen molar-refractivity contribution in [1.82, 2.24) is 15.2 Å². The number of hydrogen-bond acceptors (Lipinski definition) is 5. The summed E-state index contributed by atoms with van der Waals surface area (Å²) in [5, 5.41) is 6.26. The molecule has 118 valence electrons. The van der Waals surface area contributed by atoms with Gasteiger partial charge in [-0.25, -0.2) is 4.98 Å². The average Bonchev–Trinajstić information content (AvgIpc) is 3.13. The van der Waals surface area contributed by atoms with Gasteiger partial charge in [-0.1, -0.05) is 13.0 Å². The van der Waals surface area contributed by atoms with Crippen LogP contribution in [-0.4, -0.2) is 34.9 Å². The summed E-state index contributed by atoms with van der Waals surface area (Å²) in [7, 11) is 0. The van der Waals surface area contributed by atoms with Gasteiger partial charge in [0, 0.05) is 36.8 Å². The Kier molecular flexibility index (Phi) is 4.90. The summed E-state index contributed by atoms with van der Waals surface area (Å²) in [5.74, 6) is 0.532. The van der Waals surface area contributed by atoms with E-state index < -0.39 is 0 Å². The fourth-order valence-corrected chi connectivity index (χ4v) is 4.40. The smallest absolute Gasteiger partial charge is 0.261 e. The molecular formula is C16H21N3OS2. The SMILES string of the molecule is Cc1ncc(CN2CC[C@H](NC(=O)c3cccs3)[C@H](C)C2)s1. The molecule has 2 atom stereocenters. The lowest BCUT2D eigenvalue weighted by atomic mass is 9.93. The largest absolute Gasteiger partial charge is 0.348 e. The Morgan fingerprint density at radius 2 is 2.41 bits per heavy atom. The van der Waals surface area contributed by atoms with E-state index in [-0.39, 0.29) is 11.9 Å². The predicted molar refractivity (Wildman–Crippen MR) is 91.5 cm³/mol. The van der Waals surface area contributed by atoms with Crippen molar-refractivity contribution in [3.05, 3.63) is 38.5 Å². The first-order valence-corrected chi connectivity index (χ1v) is 9.29. The average molecular weight is 335 g/mol. The van der Waals surface area contributed by atoms with Crippen molar-refractivity contribution in [3.8, 4) is 0 Å². The zero-order chi connectivity index (χ0) is 15.5. The number of aryl methyl sites for hydroxylation is 1. The molecule has 1 fully saturated rings. The van der Waals surface area contributed by atoms with Gasteiger partial charge in [-0.3, -0.25) is 9.69 Å². The van der Waals surface area contributed by atoms with Crippen LogP contribution in [0.2, 0.25) is 0 Å². The Morgan fingerprint density at radius 1 is 1.55 bits per heavy atom. The fraction of sp³-hybridized carbons (Fsp3) is 0.500. The lowest BCUT2D eigenvalue weighted by Crippen LogP contribution is -2.49. The summed E-state index contributed by atoms with van der Waals surface area (Å²) in [5.41, 5.74) is 0. The second-order valence-corrected chi connectivity index (χ2v) is 8.17. The van der Waals surface area contributed by atoms with E-state index in [4.69, 9.17) is 0 Å². The van der Waals surface area contributed by atoms with Crippen molar-refractivity contribution < 1.29 is 4.79 Å². The highest BCUT2D eigenvalue weighted by Gasteiger charge is 2.27. The van der Waals surface area contributed by atoms with Crippen molar-refractivity contribution in [1.29, 1.82) is 0 Å². The Balaban J connectivity index is 1.52. The second-order valence-electron chi connectivity index (χ2n) is 5.90. The van der Waals surface area contributed by atoms with E-state index in [1.807, 2.05) is 30.6 Å². The van der Waals surface area contributed by atoms with E-state index >= 15 is 0 Å². The maximum absolute atomic E-state index is 12.2. The van der Waals surface area contributed by atoms with Crippen molar-refractivity contribution in [2.24, 2.45) is 5.92 Å². The zero-order valence-electron chi connectivity index (χ0n) is 12.9. The zero-order valence-corrected chi connectivity index (χ0v) is 14.5. The molecule has 1 amide bonds. The number of likely N-dealkylation sites (tertiary alicyclic amines) is 1. The molecule has 1 aliphatic rings. The molecule has 1 saturated heterocycles. The van der Waals surface area contributed by atoms with Crippen LogP contribution in [0.4, 0.5) is 0 Å². The van der Waals surface area contributed by atoms with Crippen LogP contribution < -0.4 is 5.32 Å². The number of carbonyl (C=O) groups is 1. The summed E-state index contributed by atoms with van der Waals surface area (Å²) < 4.78 is 0. The third-order valence-corrected chi connectivity index (χ3v) is 5.87. The fourth-order valence-electron chi connectivity index (χ4n) is 2.94. The van der Waals surface area contributed by atoms with Gasteiger partial charge in [0.05, 0.1) is 9.88 Å². The van der Waals surface area contributed by atoms with Crippen LogP contribution in [0.1, 0.15) is 32.9 Å². The first kappa shape index (κ1) is 15.6. The van der Waals surface area contributed by atoms with Crippen LogP contribution in [-0.2, 0) is 6.54 Å².